The smallest absolute Gasteiger partial charge is 0.303 e. The van der Waals surface area contributed by atoms with Crippen LogP contribution in [0.5, 0.6) is 0 Å². The van der Waals surface area contributed by atoms with Crippen LogP contribution in [0.3, 0.4) is 0 Å². The van der Waals surface area contributed by atoms with Gasteiger partial charge in [-0.15, -0.1) is 0 Å². The lowest BCUT2D eigenvalue weighted by Crippen LogP contribution is -2.59. The van der Waals surface area contributed by atoms with E-state index in [1.54, 1.807) is 13.8 Å². The topological polar surface area (TPSA) is 88.1 Å². The van der Waals surface area contributed by atoms with Crippen molar-refractivity contribution in [2.24, 2.45) is 0 Å². The number of carbonyl (C=O) groups excluding carboxylic acids is 3. The van der Waals surface area contributed by atoms with Crippen LogP contribution in [0.25, 0.3) is 0 Å². The number of rotatable bonds is 3. The van der Waals surface area contributed by atoms with Gasteiger partial charge in [-0.25, -0.2) is 0 Å². The van der Waals surface area contributed by atoms with E-state index < -0.39 is 48.4 Å². The molecule has 0 bridgehead atoms. The third-order valence-corrected chi connectivity index (χ3v) is 2.91. The number of esters is 3. The molecular weight excluding hydrogens is 268 g/mol. The van der Waals surface area contributed by atoms with E-state index in [-0.39, 0.29) is 0 Å². The lowest BCUT2D eigenvalue weighted by Gasteiger charge is -2.42. The Morgan fingerprint density at radius 3 is 1.30 bits per heavy atom. The van der Waals surface area contributed by atoms with E-state index in [1.165, 1.54) is 20.8 Å². The highest BCUT2D eigenvalue weighted by Crippen LogP contribution is 2.28. The average Bonchev–Trinajstić information content (AvgIpc) is 2.27. The number of hydrogen-bond donors (Lipinski definition) is 0. The molecule has 1 heterocycles. The Bertz CT molecular complexity index is 364. The molecule has 5 atom stereocenters. The number of carbonyl (C=O) groups is 3. The van der Waals surface area contributed by atoms with Gasteiger partial charge in [0.25, 0.3) is 0 Å². The summed E-state index contributed by atoms with van der Waals surface area (Å²) in [6.07, 6.45) is -3.50. The highest BCUT2D eigenvalue weighted by Gasteiger charge is 2.48. The minimum atomic E-state index is -0.890. The predicted molar refractivity (Wildman–Crippen MR) is 66.7 cm³/mol. The van der Waals surface area contributed by atoms with Gasteiger partial charge in [-0.05, 0) is 13.8 Å². The second kappa shape index (κ2) is 6.69. The van der Waals surface area contributed by atoms with E-state index in [9.17, 15) is 14.4 Å². The molecule has 0 amide bonds. The van der Waals surface area contributed by atoms with Crippen LogP contribution in [-0.2, 0) is 33.3 Å². The standard InChI is InChI=1S/C13H20O7/c1-6-11(18-8(3)14)13(20-10(5)16)12(7(2)17-6)19-9(4)15/h6-7,11-13H,1-5H3/t6-,7?,11+,12+,13+/m1/s1. The first-order valence-electron chi connectivity index (χ1n) is 6.39. The molecule has 114 valence electrons. The maximum Gasteiger partial charge on any atom is 0.303 e. The number of ether oxygens (including phenoxy) is 4. The highest BCUT2D eigenvalue weighted by atomic mass is 16.6. The SMILES string of the molecule is CC(=O)O[C@@H]1[C@H](OC(C)=O)[C@@H](OC(C)=O)C(C)O[C@@H]1C. The summed E-state index contributed by atoms with van der Waals surface area (Å²) in [7, 11) is 0. The first-order valence-corrected chi connectivity index (χ1v) is 6.39. The summed E-state index contributed by atoms with van der Waals surface area (Å²) in [6.45, 7) is 7.13. The van der Waals surface area contributed by atoms with Gasteiger partial charge in [0, 0.05) is 20.8 Å². The van der Waals surface area contributed by atoms with Crippen molar-refractivity contribution in [3.63, 3.8) is 0 Å². The Hall–Kier alpha value is -1.63. The van der Waals surface area contributed by atoms with E-state index in [4.69, 9.17) is 18.9 Å². The van der Waals surface area contributed by atoms with E-state index >= 15 is 0 Å². The summed E-state index contributed by atoms with van der Waals surface area (Å²) >= 11 is 0. The molecule has 0 aromatic heterocycles. The molecule has 1 saturated heterocycles. The summed E-state index contributed by atoms with van der Waals surface area (Å²) in [5.74, 6) is -1.61. The molecule has 0 saturated carbocycles. The normalized spacial score (nSPS) is 33.1. The minimum absolute atomic E-state index is 0.481. The summed E-state index contributed by atoms with van der Waals surface area (Å²) in [5.41, 5.74) is 0. The molecule has 0 aromatic rings. The van der Waals surface area contributed by atoms with Crippen molar-refractivity contribution in [3.05, 3.63) is 0 Å². The summed E-state index contributed by atoms with van der Waals surface area (Å²) in [6, 6.07) is 0. The van der Waals surface area contributed by atoms with Gasteiger partial charge in [-0.1, -0.05) is 0 Å². The van der Waals surface area contributed by atoms with Crippen molar-refractivity contribution < 1.29 is 33.3 Å². The van der Waals surface area contributed by atoms with E-state index in [1.807, 2.05) is 0 Å². The van der Waals surface area contributed by atoms with Crippen LogP contribution in [0.2, 0.25) is 0 Å². The van der Waals surface area contributed by atoms with Gasteiger partial charge < -0.3 is 18.9 Å². The van der Waals surface area contributed by atoms with Crippen molar-refractivity contribution >= 4 is 17.9 Å². The second-order valence-electron chi connectivity index (χ2n) is 4.77. The molecule has 20 heavy (non-hydrogen) atoms. The van der Waals surface area contributed by atoms with E-state index in [0.29, 0.717) is 0 Å². The van der Waals surface area contributed by atoms with Crippen molar-refractivity contribution in [2.75, 3.05) is 0 Å². The van der Waals surface area contributed by atoms with Gasteiger partial charge in [-0.3, -0.25) is 14.4 Å². The Balaban J connectivity index is 3.01. The lowest BCUT2D eigenvalue weighted by atomic mass is 9.95. The maximum atomic E-state index is 11.2. The largest absolute Gasteiger partial charge is 0.456 e. The zero-order valence-corrected chi connectivity index (χ0v) is 12.2. The molecule has 0 aromatic carbocycles. The van der Waals surface area contributed by atoms with Crippen molar-refractivity contribution in [1.29, 1.82) is 0 Å². The lowest BCUT2D eigenvalue weighted by molar-refractivity contribution is -0.240. The first-order chi connectivity index (χ1) is 9.22. The fourth-order valence-electron chi connectivity index (χ4n) is 2.25. The molecule has 1 rings (SSSR count). The van der Waals surface area contributed by atoms with Gasteiger partial charge >= 0.3 is 17.9 Å². The van der Waals surface area contributed by atoms with Crippen LogP contribution >= 0.6 is 0 Å². The number of hydrogen-bond acceptors (Lipinski definition) is 7. The van der Waals surface area contributed by atoms with Gasteiger partial charge in [0.1, 0.15) is 0 Å². The first kappa shape index (κ1) is 16.4. The van der Waals surface area contributed by atoms with Gasteiger partial charge in [0.05, 0.1) is 12.2 Å². The van der Waals surface area contributed by atoms with Crippen LogP contribution in [0.4, 0.5) is 0 Å². The summed E-state index contributed by atoms with van der Waals surface area (Å²) in [5, 5.41) is 0. The molecule has 0 aliphatic carbocycles. The van der Waals surface area contributed by atoms with Crippen LogP contribution in [-0.4, -0.2) is 48.4 Å². The van der Waals surface area contributed by atoms with E-state index in [2.05, 4.69) is 0 Å². The fourth-order valence-corrected chi connectivity index (χ4v) is 2.25. The fraction of sp³-hybridized carbons (Fsp3) is 0.769. The zero-order chi connectivity index (χ0) is 15.4. The van der Waals surface area contributed by atoms with Crippen LogP contribution in [0, 0.1) is 0 Å². The monoisotopic (exact) mass is 288 g/mol. The Labute approximate surface area is 117 Å². The second-order valence-corrected chi connectivity index (χ2v) is 4.77. The van der Waals surface area contributed by atoms with Crippen LogP contribution < -0.4 is 0 Å². The quantitative estimate of drug-likeness (QED) is 0.554. The van der Waals surface area contributed by atoms with Crippen LogP contribution in [0.1, 0.15) is 34.6 Å². The highest BCUT2D eigenvalue weighted by molar-refractivity contribution is 5.68. The van der Waals surface area contributed by atoms with Crippen LogP contribution in [0.15, 0.2) is 0 Å². The van der Waals surface area contributed by atoms with Crippen molar-refractivity contribution in [2.45, 2.75) is 65.1 Å². The van der Waals surface area contributed by atoms with Gasteiger partial charge in [-0.2, -0.15) is 0 Å². The summed E-state index contributed by atoms with van der Waals surface area (Å²) in [4.78, 5) is 33.6. The predicted octanol–water partition coefficient (Wildman–Crippen LogP) is 0.589. The molecule has 0 N–H and O–H groups in total. The molecular formula is C13H20O7. The van der Waals surface area contributed by atoms with Gasteiger partial charge in [0.15, 0.2) is 18.3 Å². The summed E-state index contributed by atoms with van der Waals surface area (Å²) < 4.78 is 21.1. The molecule has 1 aliphatic rings. The Kier molecular flexibility index (Phi) is 5.50. The Morgan fingerprint density at radius 2 is 1.00 bits per heavy atom. The Morgan fingerprint density at radius 1 is 0.700 bits per heavy atom. The molecule has 0 spiro atoms. The minimum Gasteiger partial charge on any atom is -0.456 e. The van der Waals surface area contributed by atoms with Crippen molar-refractivity contribution in [3.8, 4) is 0 Å². The van der Waals surface area contributed by atoms with Gasteiger partial charge in [0.2, 0.25) is 0 Å². The molecule has 0 radical (unpaired) electrons. The molecule has 7 heteroatoms. The molecule has 7 nitrogen and oxygen atoms in total. The average molecular weight is 288 g/mol. The van der Waals surface area contributed by atoms with Crippen molar-refractivity contribution in [1.82, 2.24) is 0 Å². The molecule has 1 fully saturated rings. The third-order valence-electron chi connectivity index (χ3n) is 2.91. The maximum absolute atomic E-state index is 11.2. The molecule has 1 aliphatic heterocycles. The molecule has 1 unspecified atom stereocenters. The third kappa shape index (κ3) is 4.19. The zero-order valence-electron chi connectivity index (χ0n) is 12.2. The van der Waals surface area contributed by atoms with E-state index in [0.717, 1.165) is 0 Å².